The highest BCUT2D eigenvalue weighted by atomic mass is 16.4. The predicted molar refractivity (Wildman–Crippen MR) is 93.7 cm³/mol. The summed E-state index contributed by atoms with van der Waals surface area (Å²) in [6.45, 7) is 9.74. The van der Waals surface area contributed by atoms with Gasteiger partial charge in [0.25, 0.3) is 0 Å². The van der Waals surface area contributed by atoms with Gasteiger partial charge in [-0.2, -0.15) is 0 Å². The Bertz CT molecular complexity index is 749. The van der Waals surface area contributed by atoms with Crippen molar-refractivity contribution in [2.75, 3.05) is 13.2 Å². The van der Waals surface area contributed by atoms with Crippen LogP contribution in [0.2, 0.25) is 0 Å². The summed E-state index contributed by atoms with van der Waals surface area (Å²) >= 11 is 0. The van der Waals surface area contributed by atoms with E-state index in [2.05, 4.69) is 0 Å². The van der Waals surface area contributed by atoms with Gasteiger partial charge in [-0.1, -0.05) is 48.5 Å². The van der Waals surface area contributed by atoms with Gasteiger partial charge in [0, 0.05) is 0 Å². The Balaban J connectivity index is 2.68. The van der Waals surface area contributed by atoms with Crippen molar-refractivity contribution in [3.8, 4) is 0 Å². The first kappa shape index (κ1) is 20.5. The van der Waals surface area contributed by atoms with E-state index in [1.165, 1.54) is 36.4 Å². The summed E-state index contributed by atoms with van der Waals surface area (Å²) in [5, 5.41) is 62.5. The van der Waals surface area contributed by atoms with Crippen molar-refractivity contribution in [2.45, 2.75) is 23.4 Å². The van der Waals surface area contributed by atoms with E-state index in [9.17, 15) is 30.6 Å². The molecule has 138 valence electrons. The van der Waals surface area contributed by atoms with Crippen molar-refractivity contribution in [2.24, 2.45) is 0 Å². The van der Waals surface area contributed by atoms with E-state index in [0.717, 1.165) is 0 Å². The van der Waals surface area contributed by atoms with Crippen LogP contribution in [-0.4, -0.2) is 56.1 Å². The Hall–Kier alpha value is -1.80. The lowest BCUT2D eigenvalue weighted by Crippen LogP contribution is -2.61. The third kappa shape index (κ3) is 3.27. The van der Waals surface area contributed by atoms with Gasteiger partial charge in [0.2, 0.25) is 0 Å². The Morgan fingerprint density at radius 3 is 1.69 bits per heavy atom. The fraction of sp³-hybridized carbons (Fsp3) is 0.300. The predicted octanol–water partition coefficient (Wildman–Crippen LogP) is -0.413. The van der Waals surface area contributed by atoms with Gasteiger partial charge in [0.15, 0.2) is 0 Å². The Labute approximate surface area is 152 Å². The van der Waals surface area contributed by atoms with E-state index in [-0.39, 0.29) is 22.3 Å². The van der Waals surface area contributed by atoms with Crippen molar-refractivity contribution in [1.82, 2.24) is 0 Å². The van der Waals surface area contributed by atoms with E-state index >= 15 is 0 Å². The molecule has 0 fully saturated rings. The van der Waals surface area contributed by atoms with Crippen LogP contribution in [0.15, 0.2) is 48.5 Å². The highest BCUT2D eigenvalue weighted by molar-refractivity contribution is 5.41. The standard InChI is InChI=1S/C20H22O6/c1-13-7-3-5-9-15(13)19(25,12-22)18(24)20(26,17(23)11-21)16-10-6-4-8-14(16)2/h1-10,17-18,21-26H,11-12H2/t17-,18-,19-,20-/m1/s1. The Kier molecular flexibility index (Phi) is 6.18. The van der Waals surface area contributed by atoms with Crippen molar-refractivity contribution in [3.05, 3.63) is 84.6 Å². The lowest BCUT2D eigenvalue weighted by Gasteiger charge is -2.45. The molecule has 0 saturated carbocycles. The van der Waals surface area contributed by atoms with Crippen LogP contribution in [0.3, 0.4) is 0 Å². The fourth-order valence-electron chi connectivity index (χ4n) is 3.08. The Morgan fingerprint density at radius 2 is 1.27 bits per heavy atom. The summed E-state index contributed by atoms with van der Waals surface area (Å²) < 4.78 is 0. The molecule has 2 aromatic carbocycles. The molecule has 4 atom stereocenters. The molecule has 0 heterocycles. The zero-order chi connectivity index (χ0) is 19.5. The van der Waals surface area contributed by atoms with Gasteiger partial charge in [0.1, 0.15) is 23.4 Å². The maximum absolute atomic E-state index is 11.2. The molecule has 0 aliphatic rings. The van der Waals surface area contributed by atoms with Crippen LogP contribution in [0.25, 0.3) is 0 Å². The minimum Gasteiger partial charge on any atom is -0.394 e. The number of benzene rings is 2. The third-order valence-corrected chi connectivity index (χ3v) is 4.61. The second-order valence-corrected chi connectivity index (χ2v) is 6.18. The van der Waals surface area contributed by atoms with Gasteiger partial charge < -0.3 is 30.6 Å². The molecule has 0 bridgehead atoms. The van der Waals surface area contributed by atoms with Crippen LogP contribution in [0.4, 0.5) is 0 Å². The van der Waals surface area contributed by atoms with Crippen LogP contribution >= 0.6 is 0 Å². The van der Waals surface area contributed by atoms with Crippen molar-refractivity contribution < 1.29 is 30.6 Å². The van der Waals surface area contributed by atoms with Gasteiger partial charge in [-0.3, -0.25) is 0 Å². The topological polar surface area (TPSA) is 121 Å². The summed E-state index contributed by atoms with van der Waals surface area (Å²) in [5.74, 6) is 0. The molecule has 6 N–H and O–H groups in total. The number of hydrogen-bond acceptors (Lipinski definition) is 6. The van der Waals surface area contributed by atoms with Crippen molar-refractivity contribution in [1.29, 1.82) is 0 Å². The van der Waals surface area contributed by atoms with E-state index in [1.54, 1.807) is 12.1 Å². The van der Waals surface area contributed by atoms with E-state index in [1.807, 2.05) is 0 Å². The fourth-order valence-corrected chi connectivity index (χ4v) is 3.08. The summed E-state index contributed by atoms with van der Waals surface area (Å²) in [7, 11) is 0. The highest BCUT2D eigenvalue weighted by Crippen LogP contribution is 2.41. The van der Waals surface area contributed by atoms with Crippen LogP contribution in [-0.2, 0) is 11.2 Å². The van der Waals surface area contributed by atoms with Gasteiger partial charge in [-0.05, 0) is 36.1 Å². The SMILES string of the molecule is [CH]c1ccccc1[C@@](O)([C@H](O)CO)[C@H](O)[C@@](O)(CO)c1ccccc1[CH]. The highest BCUT2D eigenvalue weighted by Gasteiger charge is 2.55. The molecular weight excluding hydrogens is 336 g/mol. The molecule has 0 aliphatic heterocycles. The minimum atomic E-state index is -2.60. The lowest BCUT2D eigenvalue weighted by atomic mass is 9.71. The van der Waals surface area contributed by atoms with Gasteiger partial charge in [0.05, 0.1) is 13.2 Å². The molecule has 6 heteroatoms. The molecule has 0 aliphatic carbocycles. The average Bonchev–Trinajstić information content (AvgIpc) is 2.66. The molecule has 4 radical (unpaired) electrons. The van der Waals surface area contributed by atoms with Gasteiger partial charge in [-0.15, -0.1) is 0 Å². The summed E-state index contributed by atoms with van der Waals surface area (Å²) in [6, 6.07) is 11.8. The molecule has 0 aromatic heterocycles. The van der Waals surface area contributed by atoms with Crippen LogP contribution in [0.1, 0.15) is 22.3 Å². The first-order valence-corrected chi connectivity index (χ1v) is 7.96. The molecule has 0 saturated heterocycles. The quantitative estimate of drug-likeness (QED) is 0.400. The lowest BCUT2D eigenvalue weighted by molar-refractivity contribution is -0.234. The molecule has 0 unspecified atom stereocenters. The van der Waals surface area contributed by atoms with Crippen molar-refractivity contribution >= 4 is 0 Å². The van der Waals surface area contributed by atoms with Crippen molar-refractivity contribution in [3.63, 3.8) is 0 Å². The molecule has 26 heavy (non-hydrogen) atoms. The van der Waals surface area contributed by atoms with E-state index in [4.69, 9.17) is 13.8 Å². The number of aliphatic hydroxyl groups excluding tert-OH is 4. The summed E-state index contributed by atoms with van der Waals surface area (Å²) in [4.78, 5) is 0. The van der Waals surface area contributed by atoms with E-state index < -0.39 is 36.6 Å². The first-order chi connectivity index (χ1) is 12.2. The Morgan fingerprint density at radius 1 is 0.808 bits per heavy atom. The van der Waals surface area contributed by atoms with E-state index in [0.29, 0.717) is 0 Å². The maximum atomic E-state index is 11.2. The summed E-state index contributed by atoms with van der Waals surface area (Å²) in [6.07, 6.45) is -4.10. The summed E-state index contributed by atoms with van der Waals surface area (Å²) in [5.41, 5.74) is -5.13. The molecule has 2 rings (SSSR count). The second-order valence-electron chi connectivity index (χ2n) is 6.18. The zero-order valence-corrected chi connectivity index (χ0v) is 14.0. The van der Waals surface area contributed by atoms with Gasteiger partial charge in [-0.25, -0.2) is 0 Å². The number of hydrogen-bond donors (Lipinski definition) is 6. The minimum absolute atomic E-state index is 0.0165. The smallest absolute Gasteiger partial charge is 0.147 e. The monoisotopic (exact) mass is 358 g/mol. The first-order valence-electron chi connectivity index (χ1n) is 7.96. The molecular formula is C20H22O6. The number of rotatable bonds is 7. The van der Waals surface area contributed by atoms with Crippen LogP contribution in [0.5, 0.6) is 0 Å². The average molecular weight is 358 g/mol. The number of aliphatic hydroxyl groups is 6. The largest absolute Gasteiger partial charge is 0.394 e. The van der Waals surface area contributed by atoms with Crippen LogP contribution in [0, 0.1) is 13.8 Å². The molecule has 2 aromatic rings. The maximum Gasteiger partial charge on any atom is 0.147 e. The van der Waals surface area contributed by atoms with Gasteiger partial charge >= 0.3 is 0 Å². The second kappa shape index (κ2) is 7.84. The van der Waals surface area contributed by atoms with Crippen LogP contribution < -0.4 is 0 Å². The molecule has 0 amide bonds. The normalized spacial score (nSPS) is 18.6. The molecule has 0 spiro atoms. The molecule has 6 nitrogen and oxygen atoms in total. The zero-order valence-electron chi connectivity index (χ0n) is 14.0. The third-order valence-electron chi connectivity index (χ3n) is 4.61.